The van der Waals surface area contributed by atoms with Gasteiger partial charge in [0.15, 0.2) is 0 Å². The molecule has 0 atom stereocenters. The molecule has 0 saturated heterocycles. The molecular formula is C12H13F3O4Si. The van der Waals surface area contributed by atoms with Crippen molar-refractivity contribution in [2.45, 2.75) is 25.8 Å². The van der Waals surface area contributed by atoms with Crippen LogP contribution in [0, 0.1) is 0 Å². The summed E-state index contributed by atoms with van der Waals surface area (Å²) < 4.78 is 45.5. The monoisotopic (exact) mass is 306 g/mol. The van der Waals surface area contributed by atoms with Crippen LogP contribution in [0.5, 0.6) is 5.75 Å². The Kier molecular flexibility index (Phi) is 4.59. The molecule has 0 aliphatic carbocycles. The minimum absolute atomic E-state index is 0.0277. The third-order valence-corrected chi connectivity index (χ3v) is 2.71. The van der Waals surface area contributed by atoms with Crippen LogP contribution in [0.4, 0.5) is 13.2 Å². The molecule has 4 nitrogen and oxygen atoms in total. The fraction of sp³-hybridized carbons (Fsp3) is 0.333. The minimum atomic E-state index is -5.09. The van der Waals surface area contributed by atoms with E-state index in [0.29, 0.717) is 0 Å². The Bertz CT molecular complexity index is 520. The summed E-state index contributed by atoms with van der Waals surface area (Å²) >= 11 is 0. The van der Waals surface area contributed by atoms with E-state index >= 15 is 0 Å². The minimum Gasteiger partial charge on any atom is -0.516 e. The molecule has 0 bridgehead atoms. The van der Waals surface area contributed by atoms with E-state index in [9.17, 15) is 22.8 Å². The van der Waals surface area contributed by atoms with Gasteiger partial charge in [-0.25, -0.2) is 9.59 Å². The highest BCUT2D eigenvalue weighted by Gasteiger charge is 2.41. The largest absolute Gasteiger partial charge is 0.516 e. The van der Waals surface area contributed by atoms with E-state index in [-0.39, 0.29) is 11.3 Å². The van der Waals surface area contributed by atoms with Crippen LogP contribution in [0.1, 0.15) is 10.4 Å². The standard InChI is InChI=1S/C12H13F3O4Si/c1-20(2,3)19-10(16)8-5-4-6-9(7-8)18-11(17)12(13,14)15/h4-7H,1-3H3. The van der Waals surface area contributed by atoms with Crippen LogP contribution in [0.2, 0.25) is 19.6 Å². The Morgan fingerprint density at radius 2 is 1.75 bits per heavy atom. The molecule has 0 heterocycles. The van der Waals surface area contributed by atoms with Crippen LogP contribution in [0.3, 0.4) is 0 Å². The summed E-state index contributed by atoms with van der Waals surface area (Å²) in [5.41, 5.74) is 0.0277. The van der Waals surface area contributed by atoms with E-state index in [1.54, 1.807) is 19.6 Å². The van der Waals surface area contributed by atoms with Crippen molar-refractivity contribution < 1.29 is 31.9 Å². The number of hydrogen-bond donors (Lipinski definition) is 0. The SMILES string of the molecule is C[Si](C)(C)OC(=O)c1cccc(OC(=O)C(F)(F)F)c1. The number of halogens is 3. The number of hydrogen-bond acceptors (Lipinski definition) is 4. The molecule has 110 valence electrons. The zero-order valence-corrected chi connectivity index (χ0v) is 12.1. The fourth-order valence-corrected chi connectivity index (χ4v) is 1.86. The van der Waals surface area contributed by atoms with Crippen molar-refractivity contribution in [2.75, 3.05) is 0 Å². The van der Waals surface area contributed by atoms with E-state index in [0.717, 1.165) is 12.1 Å². The third-order valence-electron chi connectivity index (χ3n) is 1.91. The van der Waals surface area contributed by atoms with Gasteiger partial charge in [-0.05, 0) is 37.8 Å². The third kappa shape index (κ3) is 5.04. The lowest BCUT2D eigenvalue weighted by Gasteiger charge is -2.17. The quantitative estimate of drug-likeness (QED) is 0.489. The highest BCUT2D eigenvalue weighted by molar-refractivity contribution is 6.71. The molecule has 1 aromatic carbocycles. The van der Waals surface area contributed by atoms with Gasteiger partial charge in [-0.1, -0.05) is 6.07 Å². The molecule has 0 aliphatic heterocycles. The summed E-state index contributed by atoms with van der Waals surface area (Å²) in [4.78, 5) is 22.4. The first-order valence-corrected chi connectivity index (χ1v) is 9.02. The molecule has 0 aromatic heterocycles. The maximum atomic E-state index is 12.1. The number of alkyl halides is 3. The Morgan fingerprint density at radius 1 is 1.15 bits per heavy atom. The molecule has 0 saturated carbocycles. The molecule has 0 fully saturated rings. The summed E-state index contributed by atoms with van der Waals surface area (Å²) in [7, 11) is -2.12. The molecule has 0 spiro atoms. The van der Waals surface area contributed by atoms with E-state index in [2.05, 4.69) is 4.74 Å². The number of esters is 1. The maximum Gasteiger partial charge on any atom is 0.491 e. The van der Waals surface area contributed by atoms with Crippen molar-refractivity contribution in [1.29, 1.82) is 0 Å². The fourth-order valence-electron chi connectivity index (χ4n) is 1.19. The average Bonchev–Trinajstić information content (AvgIpc) is 2.25. The van der Waals surface area contributed by atoms with Gasteiger partial charge in [0, 0.05) is 0 Å². The van der Waals surface area contributed by atoms with E-state index < -0.39 is 26.4 Å². The molecule has 0 N–H and O–H groups in total. The highest BCUT2D eigenvalue weighted by Crippen LogP contribution is 2.21. The van der Waals surface area contributed by atoms with Gasteiger partial charge in [0.05, 0.1) is 5.56 Å². The average molecular weight is 306 g/mol. The van der Waals surface area contributed by atoms with Crippen LogP contribution >= 0.6 is 0 Å². The number of carbonyl (C=O) groups excluding carboxylic acids is 2. The number of benzene rings is 1. The molecule has 0 aliphatic rings. The van der Waals surface area contributed by atoms with Crippen molar-refractivity contribution in [3.63, 3.8) is 0 Å². The van der Waals surface area contributed by atoms with Gasteiger partial charge in [0.2, 0.25) is 8.32 Å². The Hall–Kier alpha value is -1.83. The lowest BCUT2D eigenvalue weighted by molar-refractivity contribution is -0.189. The van der Waals surface area contributed by atoms with Crippen LogP contribution in [-0.2, 0) is 9.22 Å². The number of rotatable bonds is 3. The lowest BCUT2D eigenvalue weighted by Crippen LogP contribution is -2.29. The maximum absolute atomic E-state index is 12.1. The van der Waals surface area contributed by atoms with Gasteiger partial charge >= 0.3 is 18.1 Å². The second kappa shape index (κ2) is 5.66. The van der Waals surface area contributed by atoms with Crippen LogP contribution in [-0.4, -0.2) is 26.4 Å². The van der Waals surface area contributed by atoms with Gasteiger partial charge in [0.1, 0.15) is 5.75 Å². The molecular weight excluding hydrogens is 293 g/mol. The van der Waals surface area contributed by atoms with Crippen molar-refractivity contribution in [3.8, 4) is 5.75 Å². The Balaban J connectivity index is 2.86. The zero-order chi connectivity index (χ0) is 15.6. The number of carbonyl (C=O) groups is 2. The summed E-state index contributed by atoms with van der Waals surface area (Å²) in [5, 5.41) is 0. The molecule has 0 radical (unpaired) electrons. The normalized spacial score (nSPS) is 11.9. The van der Waals surface area contributed by atoms with Crippen LogP contribution in [0.25, 0.3) is 0 Å². The predicted octanol–water partition coefficient (Wildman–Crippen LogP) is 3.15. The summed E-state index contributed by atoms with van der Waals surface area (Å²) in [6.07, 6.45) is -5.09. The topological polar surface area (TPSA) is 52.6 Å². The van der Waals surface area contributed by atoms with Gasteiger partial charge in [-0.15, -0.1) is 0 Å². The van der Waals surface area contributed by atoms with Gasteiger partial charge in [0.25, 0.3) is 0 Å². The van der Waals surface area contributed by atoms with E-state index in [1.165, 1.54) is 12.1 Å². The molecule has 1 aromatic rings. The Morgan fingerprint density at radius 3 is 2.25 bits per heavy atom. The summed E-state index contributed by atoms with van der Waals surface area (Å²) in [6, 6.07) is 4.86. The number of ether oxygens (including phenoxy) is 1. The molecule has 0 amide bonds. The molecule has 0 unspecified atom stereocenters. The summed E-state index contributed by atoms with van der Waals surface area (Å²) in [5.74, 6) is -3.36. The van der Waals surface area contributed by atoms with Crippen molar-refractivity contribution in [2.24, 2.45) is 0 Å². The van der Waals surface area contributed by atoms with Crippen LogP contribution < -0.4 is 4.74 Å². The predicted molar refractivity (Wildman–Crippen MR) is 66.9 cm³/mol. The van der Waals surface area contributed by atoms with E-state index in [1.807, 2.05) is 0 Å². The first kappa shape index (κ1) is 16.2. The first-order chi connectivity index (χ1) is 8.99. The first-order valence-electron chi connectivity index (χ1n) is 5.61. The highest BCUT2D eigenvalue weighted by atomic mass is 28.4. The van der Waals surface area contributed by atoms with Crippen molar-refractivity contribution in [1.82, 2.24) is 0 Å². The smallest absolute Gasteiger partial charge is 0.491 e. The molecule has 8 heteroatoms. The summed E-state index contributed by atoms with van der Waals surface area (Å²) in [6.45, 7) is 5.37. The van der Waals surface area contributed by atoms with Gasteiger partial charge < -0.3 is 9.16 Å². The van der Waals surface area contributed by atoms with Crippen LogP contribution in [0.15, 0.2) is 24.3 Å². The second-order valence-electron chi connectivity index (χ2n) is 4.92. The van der Waals surface area contributed by atoms with Gasteiger partial charge in [-0.3, -0.25) is 0 Å². The zero-order valence-electron chi connectivity index (χ0n) is 11.1. The second-order valence-corrected chi connectivity index (χ2v) is 9.35. The van der Waals surface area contributed by atoms with Crippen molar-refractivity contribution >= 4 is 20.3 Å². The molecule has 1 rings (SSSR count). The Labute approximate surface area is 114 Å². The molecule has 20 heavy (non-hydrogen) atoms. The van der Waals surface area contributed by atoms with E-state index in [4.69, 9.17) is 4.43 Å². The van der Waals surface area contributed by atoms with Gasteiger partial charge in [-0.2, -0.15) is 13.2 Å². The van der Waals surface area contributed by atoms with Crippen molar-refractivity contribution in [3.05, 3.63) is 29.8 Å². The lowest BCUT2D eigenvalue weighted by atomic mass is 10.2.